The van der Waals surface area contributed by atoms with Gasteiger partial charge in [-0.25, -0.2) is 9.59 Å². The normalized spacial score (nSPS) is 22.9. The highest BCUT2D eigenvalue weighted by molar-refractivity contribution is 5.95. The molecular formula is C12H20N2O5. The fraction of sp³-hybridized carbons (Fsp3) is 0.750. The van der Waals surface area contributed by atoms with E-state index in [4.69, 9.17) is 5.11 Å². The van der Waals surface area contributed by atoms with Gasteiger partial charge in [-0.05, 0) is 18.3 Å². The Labute approximate surface area is 111 Å². The number of carboxylic acids is 1. The van der Waals surface area contributed by atoms with E-state index in [1.54, 1.807) is 4.90 Å². The molecule has 1 aliphatic heterocycles. The molecule has 0 aromatic heterocycles. The molecule has 1 saturated heterocycles. The maximum absolute atomic E-state index is 11.8. The van der Waals surface area contributed by atoms with E-state index < -0.39 is 31.1 Å². The second-order valence-electron chi connectivity index (χ2n) is 5.09. The molecule has 0 spiro atoms. The molecule has 2 N–H and O–H groups in total. The molecular weight excluding hydrogens is 252 g/mol. The van der Waals surface area contributed by atoms with Gasteiger partial charge in [0, 0.05) is 13.1 Å². The fourth-order valence-electron chi connectivity index (χ4n) is 2.29. The van der Waals surface area contributed by atoms with Gasteiger partial charge in [-0.15, -0.1) is 0 Å². The zero-order chi connectivity index (χ0) is 14.4. The second-order valence-corrected chi connectivity index (χ2v) is 5.09. The molecule has 0 radical (unpaired) electrons. The largest absolute Gasteiger partial charge is 0.480 e. The highest BCUT2D eigenvalue weighted by Gasteiger charge is 2.26. The molecule has 1 rings (SSSR count). The van der Waals surface area contributed by atoms with E-state index in [0.29, 0.717) is 24.9 Å². The number of imide groups is 1. The monoisotopic (exact) mass is 272 g/mol. The van der Waals surface area contributed by atoms with Crippen molar-refractivity contribution in [3.63, 3.8) is 0 Å². The molecule has 1 aliphatic rings. The molecule has 3 amide bonds. The van der Waals surface area contributed by atoms with E-state index in [-0.39, 0.29) is 0 Å². The minimum atomic E-state index is -1.15. The van der Waals surface area contributed by atoms with Gasteiger partial charge < -0.3 is 14.7 Å². The van der Waals surface area contributed by atoms with Gasteiger partial charge in [-0.2, -0.15) is 0 Å². The highest BCUT2D eigenvalue weighted by Crippen LogP contribution is 2.20. The lowest BCUT2D eigenvalue weighted by molar-refractivity contribution is -0.143. The average molecular weight is 272 g/mol. The van der Waals surface area contributed by atoms with E-state index >= 15 is 0 Å². The van der Waals surface area contributed by atoms with Crippen molar-refractivity contribution >= 4 is 17.9 Å². The van der Waals surface area contributed by atoms with Crippen LogP contribution in [-0.2, 0) is 14.3 Å². The standard InChI is InChI=1S/C12H20N2O5/c1-8-3-9(2)5-14(4-8)12(18)13-10(15)6-19-7-11(16)17/h8-9H,3-7H2,1-2H3,(H,16,17)(H,13,15,18). The molecule has 2 unspecified atom stereocenters. The summed E-state index contributed by atoms with van der Waals surface area (Å²) in [5.41, 5.74) is 0. The first-order valence-corrected chi connectivity index (χ1v) is 6.26. The number of aliphatic carboxylic acids is 1. The van der Waals surface area contributed by atoms with Crippen LogP contribution in [0.4, 0.5) is 4.79 Å². The van der Waals surface area contributed by atoms with Crippen LogP contribution >= 0.6 is 0 Å². The number of nitrogens with one attached hydrogen (secondary N) is 1. The number of hydrogen-bond donors (Lipinski definition) is 2. The first-order chi connectivity index (χ1) is 8.88. The van der Waals surface area contributed by atoms with Crippen molar-refractivity contribution in [1.82, 2.24) is 10.2 Å². The van der Waals surface area contributed by atoms with Crippen molar-refractivity contribution in [2.75, 3.05) is 26.3 Å². The quantitative estimate of drug-likeness (QED) is 0.767. The van der Waals surface area contributed by atoms with Gasteiger partial charge in [0.1, 0.15) is 13.2 Å². The topological polar surface area (TPSA) is 95.9 Å². The van der Waals surface area contributed by atoms with E-state index in [1.165, 1.54) is 0 Å². The summed E-state index contributed by atoms with van der Waals surface area (Å²) in [4.78, 5) is 35.0. The zero-order valence-electron chi connectivity index (χ0n) is 11.2. The van der Waals surface area contributed by atoms with Crippen LogP contribution in [0.1, 0.15) is 20.3 Å². The molecule has 1 heterocycles. The number of amides is 3. The van der Waals surface area contributed by atoms with Crippen LogP contribution in [0.2, 0.25) is 0 Å². The number of likely N-dealkylation sites (tertiary alicyclic amines) is 1. The van der Waals surface area contributed by atoms with Gasteiger partial charge in [-0.3, -0.25) is 10.1 Å². The van der Waals surface area contributed by atoms with Crippen LogP contribution < -0.4 is 5.32 Å². The second kappa shape index (κ2) is 7.08. The summed E-state index contributed by atoms with van der Waals surface area (Å²) in [5, 5.41) is 10.5. The number of nitrogens with zero attached hydrogens (tertiary/aromatic N) is 1. The van der Waals surface area contributed by atoms with Crippen molar-refractivity contribution < 1.29 is 24.2 Å². The Hall–Kier alpha value is -1.63. The molecule has 0 bridgehead atoms. The number of urea groups is 1. The molecule has 0 saturated carbocycles. The van der Waals surface area contributed by atoms with Gasteiger partial charge in [0.05, 0.1) is 0 Å². The first kappa shape index (κ1) is 15.4. The number of hydrogen-bond acceptors (Lipinski definition) is 4. The highest BCUT2D eigenvalue weighted by atomic mass is 16.5. The Balaban J connectivity index is 2.33. The Kier molecular flexibility index (Phi) is 5.75. The lowest BCUT2D eigenvalue weighted by Crippen LogP contribution is -2.49. The van der Waals surface area contributed by atoms with E-state index in [2.05, 4.69) is 23.9 Å². The molecule has 0 aliphatic carbocycles. The predicted octanol–water partition coefficient (Wildman–Crippen LogP) is 0.302. The zero-order valence-corrected chi connectivity index (χ0v) is 11.2. The van der Waals surface area contributed by atoms with Crippen molar-refractivity contribution in [1.29, 1.82) is 0 Å². The Morgan fingerprint density at radius 1 is 1.21 bits per heavy atom. The van der Waals surface area contributed by atoms with Crippen molar-refractivity contribution in [3.05, 3.63) is 0 Å². The molecule has 0 aromatic carbocycles. The van der Waals surface area contributed by atoms with E-state index in [1.807, 2.05) is 0 Å². The lowest BCUT2D eigenvalue weighted by atomic mass is 9.92. The molecule has 7 nitrogen and oxygen atoms in total. The fourth-order valence-corrected chi connectivity index (χ4v) is 2.29. The molecule has 1 fully saturated rings. The van der Waals surface area contributed by atoms with Gasteiger partial charge in [0.25, 0.3) is 5.91 Å². The Morgan fingerprint density at radius 3 is 2.32 bits per heavy atom. The van der Waals surface area contributed by atoms with E-state index in [0.717, 1.165) is 6.42 Å². The summed E-state index contributed by atoms with van der Waals surface area (Å²) in [6.45, 7) is 4.39. The smallest absolute Gasteiger partial charge is 0.329 e. The van der Waals surface area contributed by atoms with Crippen LogP contribution in [0.25, 0.3) is 0 Å². The molecule has 108 valence electrons. The SMILES string of the molecule is CC1CC(C)CN(C(=O)NC(=O)COCC(=O)O)C1. The number of carbonyl (C=O) groups is 3. The van der Waals surface area contributed by atoms with Crippen LogP contribution in [0.3, 0.4) is 0 Å². The minimum Gasteiger partial charge on any atom is -0.480 e. The van der Waals surface area contributed by atoms with Gasteiger partial charge >= 0.3 is 12.0 Å². The number of carbonyl (C=O) groups excluding carboxylic acids is 2. The maximum Gasteiger partial charge on any atom is 0.329 e. The predicted molar refractivity (Wildman–Crippen MR) is 66.5 cm³/mol. The number of carboxylic acid groups (broad SMARTS) is 1. The van der Waals surface area contributed by atoms with Crippen LogP contribution in [0.5, 0.6) is 0 Å². The summed E-state index contributed by atoms with van der Waals surface area (Å²) in [7, 11) is 0. The van der Waals surface area contributed by atoms with Gasteiger partial charge in [0.2, 0.25) is 0 Å². The summed E-state index contributed by atoms with van der Waals surface area (Å²) in [5.74, 6) is -0.962. The Bertz CT molecular complexity index is 348. The number of rotatable bonds is 4. The summed E-state index contributed by atoms with van der Waals surface area (Å²) in [6, 6.07) is -0.442. The molecule has 7 heteroatoms. The molecule has 0 aromatic rings. The van der Waals surface area contributed by atoms with Gasteiger partial charge in [-0.1, -0.05) is 13.8 Å². The third-order valence-corrected chi connectivity index (χ3v) is 2.86. The van der Waals surface area contributed by atoms with Crippen molar-refractivity contribution in [2.24, 2.45) is 11.8 Å². The number of ether oxygens (including phenoxy) is 1. The maximum atomic E-state index is 11.8. The summed E-state index contributed by atoms with van der Waals surface area (Å²) in [6.07, 6.45) is 1.07. The van der Waals surface area contributed by atoms with Crippen molar-refractivity contribution in [2.45, 2.75) is 20.3 Å². The Morgan fingerprint density at radius 2 is 1.79 bits per heavy atom. The molecule has 19 heavy (non-hydrogen) atoms. The van der Waals surface area contributed by atoms with Crippen LogP contribution in [0.15, 0.2) is 0 Å². The minimum absolute atomic E-state index is 0.410. The average Bonchev–Trinajstić information content (AvgIpc) is 2.26. The summed E-state index contributed by atoms with van der Waals surface area (Å²) >= 11 is 0. The first-order valence-electron chi connectivity index (χ1n) is 6.26. The van der Waals surface area contributed by atoms with E-state index in [9.17, 15) is 14.4 Å². The van der Waals surface area contributed by atoms with Crippen LogP contribution in [-0.4, -0.2) is 54.2 Å². The summed E-state index contributed by atoms with van der Waals surface area (Å²) < 4.78 is 4.61. The third-order valence-electron chi connectivity index (χ3n) is 2.86. The molecule has 2 atom stereocenters. The van der Waals surface area contributed by atoms with Gasteiger partial charge in [0.15, 0.2) is 0 Å². The third kappa shape index (κ3) is 5.69. The van der Waals surface area contributed by atoms with Crippen molar-refractivity contribution in [3.8, 4) is 0 Å². The number of piperidine rings is 1. The lowest BCUT2D eigenvalue weighted by Gasteiger charge is -2.34. The van der Waals surface area contributed by atoms with Crippen LogP contribution in [0, 0.1) is 11.8 Å².